The zero-order valence-electron chi connectivity index (χ0n) is 16.2. The number of carbonyl (C=O) groups excluding carboxylic acids is 1. The van der Waals surface area contributed by atoms with Crippen molar-refractivity contribution < 1.29 is 27.8 Å². The van der Waals surface area contributed by atoms with Gasteiger partial charge < -0.3 is 20.0 Å². The quantitative estimate of drug-likeness (QED) is 0.530. The monoisotopic (exact) mass is 418 g/mol. The average Bonchev–Trinajstić information content (AvgIpc) is 2.71. The Kier molecular flexibility index (Phi) is 6.56. The molecule has 158 valence electrons. The molecule has 0 saturated heterocycles. The van der Waals surface area contributed by atoms with Gasteiger partial charge in [-0.05, 0) is 54.6 Å². The second kappa shape index (κ2) is 9.13. The second-order valence-electron chi connectivity index (χ2n) is 6.91. The molecule has 30 heavy (non-hydrogen) atoms. The number of ether oxygens (including phenoxy) is 1. The van der Waals surface area contributed by atoms with Crippen molar-refractivity contribution in [3.8, 4) is 22.6 Å². The van der Waals surface area contributed by atoms with Crippen molar-refractivity contribution in [1.82, 2.24) is 10.3 Å². The molecule has 0 aliphatic heterocycles. The van der Waals surface area contributed by atoms with Crippen LogP contribution < -0.4 is 10.1 Å². The van der Waals surface area contributed by atoms with Gasteiger partial charge >= 0.3 is 6.18 Å². The van der Waals surface area contributed by atoms with Gasteiger partial charge in [0.05, 0.1) is 17.7 Å². The van der Waals surface area contributed by atoms with Crippen LogP contribution in [0, 0.1) is 5.92 Å². The normalized spacial score (nSPS) is 12.7. The lowest BCUT2D eigenvalue weighted by Crippen LogP contribution is -2.24. The van der Waals surface area contributed by atoms with Crippen LogP contribution in [0.5, 0.6) is 11.5 Å². The number of nitrogens with zero attached hydrogens (tertiary/aromatic N) is 1. The van der Waals surface area contributed by atoms with E-state index in [2.05, 4.69) is 10.3 Å². The highest BCUT2D eigenvalue weighted by Crippen LogP contribution is 2.39. The van der Waals surface area contributed by atoms with Gasteiger partial charge in [-0.15, -0.1) is 0 Å². The van der Waals surface area contributed by atoms with Crippen LogP contribution in [-0.4, -0.2) is 36.6 Å². The maximum Gasteiger partial charge on any atom is 0.419 e. The largest absolute Gasteiger partial charge is 0.507 e. The number of halogens is 3. The summed E-state index contributed by atoms with van der Waals surface area (Å²) >= 11 is 0. The Morgan fingerprint density at radius 3 is 2.67 bits per heavy atom. The minimum atomic E-state index is -4.64. The molecule has 0 saturated carbocycles. The molecule has 2 N–H and O–H groups in total. The molecule has 0 spiro atoms. The van der Waals surface area contributed by atoms with Crippen LogP contribution in [0.15, 0.2) is 48.7 Å². The zero-order chi connectivity index (χ0) is 21.7. The van der Waals surface area contributed by atoms with Crippen molar-refractivity contribution >= 4 is 17.2 Å². The number of phenolic OH excluding ortho intramolecular Hbond substituents is 1. The summed E-state index contributed by atoms with van der Waals surface area (Å²) in [5.41, 5.74) is 0.466. The van der Waals surface area contributed by atoms with Crippen LogP contribution in [-0.2, 0) is 11.0 Å². The van der Waals surface area contributed by atoms with E-state index in [4.69, 9.17) is 4.74 Å². The van der Waals surface area contributed by atoms with Crippen molar-refractivity contribution in [3.63, 3.8) is 0 Å². The lowest BCUT2D eigenvalue weighted by Gasteiger charge is -2.17. The Balaban J connectivity index is 1.99. The van der Waals surface area contributed by atoms with Crippen LogP contribution >= 0.6 is 0 Å². The van der Waals surface area contributed by atoms with Gasteiger partial charge in [0.15, 0.2) is 0 Å². The first-order chi connectivity index (χ1) is 14.3. The van der Waals surface area contributed by atoms with Crippen LogP contribution in [0.2, 0.25) is 0 Å². The predicted octanol–water partition coefficient (Wildman–Crippen LogP) is 4.43. The number of phenols is 1. The number of aromatic nitrogens is 1. The first kappa shape index (κ1) is 21.6. The number of nitrogens with one attached hydrogen (secondary N) is 1. The Morgan fingerprint density at radius 2 is 2.00 bits per heavy atom. The fraction of sp³-hybridized carbons (Fsp3) is 0.273. The molecule has 3 aromatic rings. The molecule has 3 rings (SSSR count). The summed E-state index contributed by atoms with van der Waals surface area (Å²) in [6.45, 7) is 0.882. The van der Waals surface area contributed by atoms with E-state index in [9.17, 15) is 23.1 Å². The molecule has 0 aliphatic rings. The average molecular weight is 418 g/mol. The third-order valence-corrected chi connectivity index (χ3v) is 4.72. The third-order valence-electron chi connectivity index (χ3n) is 4.72. The van der Waals surface area contributed by atoms with Gasteiger partial charge in [0, 0.05) is 30.5 Å². The number of benzene rings is 2. The van der Waals surface area contributed by atoms with Gasteiger partial charge in [-0.25, -0.2) is 0 Å². The number of carbonyl (C=O) groups is 1. The maximum absolute atomic E-state index is 12.9. The van der Waals surface area contributed by atoms with Gasteiger partial charge in [-0.1, -0.05) is 6.07 Å². The lowest BCUT2D eigenvalue weighted by atomic mass is 10.0. The summed E-state index contributed by atoms with van der Waals surface area (Å²) < 4.78 is 44.8. The Labute approximate surface area is 171 Å². The van der Waals surface area contributed by atoms with E-state index in [0.717, 1.165) is 23.8 Å². The standard InChI is InChI=1S/C22H21F3N2O3/c1-26-12-14(6-8-28)13-30-21-11-16(9-19-17(21)3-2-7-27-19)15-4-5-18(20(29)10-15)22(23,24)25/h2-5,7-11,14,26,29H,6,12-13H2,1H3. The molecule has 2 aromatic carbocycles. The Hall–Kier alpha value is -3.13. The third kappa shape index (κ3) is 4.88. The topological polar surface area (TPSA) is 71.5 Å². The zero-order valence-corrected chi connectivity index (χ0v) is 16.2. The molecule has 0 fully saturated rings. The molecule has 0 bridgehead atoms. The minimum absolute atomic E-state index is 0.0296. The molecule has 5 nitrogen and oxygen atoms in total. The molecule has 0 aliphatic carbocycles. The summed E-state index contributed by atoms with van der Waals surface area (Å²) in [6.07, 6.45) is -1.85. The minimum Gasteiger partial charge on any atom is -0.507 e. The molecule has 1 heterocycles. The molecule has 1 aromatic heterocycles. The van der Waals surface area contributed by atoms with Gasteiger partial charge in [-0.2, -0.15) is 13.2 Å². The summed E-state index contributed by atoms with van der Waals surface area (Å²) in [6, 6.07) is 10.2. The maximum atomic E-state index is 12.9. The Bertz CT molecular complexity index is 1040. The van der Waals surface area contributed by atoms with E-state index in [1.54, 1.807) is 31.4 Å². The summed E-state index contributed by atoms with van der Waals surface area (Å²) in [5, 5.41) is 13.6. The number of alkyl halides is 3. The van der Waals surface area contributed by atoms with Gasteiger partial charge in [-0.3, -0.25) is 4.98 Å². The van der Waals surface area contributed by atoms with Crippen LogP contribution in [0.3, 0.4) is 0 Å². The van der Waals surface area contributed by atoms with Gasteiger partial charge in [0.25, 0.3) is 0 Å². The number of rotatable bonds is 8. The molecular formula is C22H21F3N2O3. The van der Waals surface area contributed by atoms with Crippen LogP contribution in [0.4, 0.5) is 13.2 Å². The lowest BCUT2D eigenvalue weighted by molar-refractivity contribution is -0.138. The van der Waals surface area contributed by atoms with Crippen LogP contribution in [0.25, 0.3) is 22.0 Å². The van der Waals surface area contributed by atoms with E-state index in [1.807, 2.05) is 6.07 Å². The molecule has 0 amide bonds. The van der Waals surface area contributed by atoms with E-state index in [-0.39, 0.29) is 12.5 Å². The van der Waals surface area contributed by atoms with Crippen LogP contribution in [0.1, 0.15) is 12.0 Å². The molecule has 0 radical (unpaired) electrons. The van der Waals surface area contributed by atoms with E-state index in [1.165, 1.54) is 6.07 Å². The van der Waals surface area contributed by atoms with Gasteiger partial charge in [0.1, 0.15) is 17.8 Å². The van der Waals surface area contributed by atoms with E-state index in [0.29, 0.717) is 35.4 Å². The van der Waals surface area contributed by atoms with E-state index < -0.39 is 17.5 Å². The number of pyridine rings is 1. The highest BCUT2D eigenvalue weighted by atomic mass is 19.4. The number of aldehydes is 1. The predicted molar refractivity (Wildman–Crippen MR) is 107 cm³/mol. The number of hydrogen-bond donors (Lipinski definition) is 2. The second-order valence-corrected chi connectivity index (χ2v) is 6.91. The van der Waals surface area contributed by atoms with Crippen molar-refractivity contribution in [3.05, 3.63) is 54.2 Å². The number of aromatic hydroxyl groups is 1. The number of hydrogen-bond acceptors (Lipinski definition) is 5. The molecule has 1 atom stereocenters. The van der Waals surface area contributed by atoms with Crippen molar-refractivity contribution in [2.45, 2.75) is 12.6 Å². The van der Waals surface area contributed by atoms with E-state index >= 15 is 0 Å². The number of fused-ring (bicyclic) bond motifs is 1. The summed E-state index contributed by atoms with van der Waals surface area (Å²) in [5.74, 6) is -0.372. The fourth-order valence-electron chi connectivity index (χ4n) is 3.23. The van der Waals surface area contributed by atoms with Crippen molar-refractivity contribution in [2.24, 2.45) is 5.92 Å². The first-order valence-corrected chi connectivity index (χ1v) is 9.34. The summed E-state index contributed by atoms with van der Waals surface area (Å²) in [4.78, 5) is 15.2. The first-order valence-electron chi connectivity index (χ1n) is 9.34. The Morgan fingerprint density at radius 1 is 1.20 bits per heavy atom. The molecule has 8 heteroatoms. The van der Waals surface area contributed by atoms with Crippen molar-refractivity contribution in [2.75, 3.05) is 20.2 Å². The summed E-state index contributed by atoms with van der Waals surface area (Å²) in [7, 11) is 1.79. The van der Waals surface area contributed by atoms with Gasteiger partial charge in [0.2, 0.25) is 0 Å². The highest BCUT2D eigenvalue weighted by molar-refractivity contribution is 5.90. The smallest absolute Gasteiger partial charge is 0.419 e. The molecular weight excluding hydrogens is 397 g/mol. The highest BCUT2D eigenvalue weighted by Gasteiger charge is 2.33. The van der Waals surface area contributed by atoms with Crippen molar-refractivity contribution in [1.29, 1.82) is 0 Å². The molecule has 1 unspecified atom stereocenters. The fourth-order valence-corrected chi connectivity index (χ4v) is 3.23. The SMILES string of the molecule is CNCC(CC=O)COc1cc(-c2ccc(C(F)(F)F)c(O)c2)cc2ncccc12.